The van der Waals surface area contributed by atoms with Crippen LogP contribution in [0.2, 0.25) is 5.02 Å². The maximum absolute atomic E-state index is 13.7. The lowest BCUT2D eigenvalue weighted by atomic mass is 10.2. The van der Waals surface area contributed by atoms with E-state index in [2.05, 4.69) is 26.3 Å². The fourth-order valence-corrected chi connectivity index (χ4v) is 5.32. The number of anilines is 1. The average molecular weight is 686 g/mol. The third kappa shape index (κ3) is 6.33. The topological polar surface area (TPSA) is 108 Å². The second-order valence-corrected chi connectivity index (χ2v) is 11.2. The van der Waals surface area contributed by atoms with Crippen LogP contribution in [0, 0.1) is 6.92 Å². The quantitative estimate of drug-likeness (QED) is 0.156. The zero-order valence-electron chi connectivity index (χ0n) is 24.2. The number of aromatic nitrogens is 2. The predicted octanol–water partition coefficient (Wildman–Crippen LogP) is 7.83. The van der Waals surface area contributed by atoms with Gasteiger partial charge in [-0.2, -0.15) is 9.78 Å². The van der Waals surface area contributed by atoms with E-state index in [9.17, 15) is 9.59 Å². The Bertz CT molecular complexity index is 2110. The number of nitrogens with zero attached hydrogens (tertiary/aromatic N) is 3. The van der Waals surface area contributed by atoms with Crippen molar-refractivity contribution in [2.24, 2.45) is 5.10 Å². The first-order valence-corrected chi connectivity index (χ1v) is 15.2. The van der Waals surface area contributed by atoms with Gasteiger partial charge in [-0.15, -0.1) is 0 Å². The van der Waals surface area contributed by atoms with E-state index in [4.69, 9.17) is 30.5 Å². The summed E-state index contributed by atoms with van der Waals surface area (Å²) in [5, 5.41) is 8.77. The summed E-state index contributed by atoms with van der Waals surface area (Å²) in [6.07, 6.45) is 1.47. The highest BCUT2D eigenvalue weighted by Gasteiger charge is 2.20. The van der Waals surface area contributed by atoms with Crippen LogP contribution in [-0.4, -0.2) is 35.0 Å². The second kappa shape index (κ2) is 13.0. The van der Waals surface area contributed by atoms with Crippen LogP contribution >= 0.6 is 27.5 Å². The van der Waals surface area contributed by atoms with Gasteiger partial charge in [0, 0.05) is 21.1 Å². The first kappa shape index (κ1) is 30.1. The minimum absolute atomic E-state index is 0.173. The largest absolute Gasteiger partial charge is 0.490 e. The number of ether oxygens (including phenoxy) is 2. The number of benzene rings is 4. The van der Waals surface area contributed by atoms with Crippen molar-refractivity contribution in [2.45, 2.75) is 13.8 Å². The molecule has 1 N–H and O–H groups in total. The molecule has 0 saturated heterocycles. The predicted molar refractivity (Wildman–Crippen MR) is 180 cm³/mol. The molecule has 1 amide bonds. The average Bonchev–Trinajstić information content (AvgIpc) is 3.48. The third-order valence-corrected chi connectivity index (χ3v) is 8.29. The molecule has 9 nitrogen and oxygen atoms in total. The van der Waals surface area contributed by atoms with E-state index < -0.39 is 0 Å². The maximum atomic E-state index is 13.7. The number of amides is 1. The molecule has 0 fully saturated rings. The van der Waals surface area contributed by atoms with Gasteiger partial charge in [-0.1, -0.05) is 59.6 Å². The molecule has 0 aliphatic rings. The highest BCUT2D eigenvalue weighted by Crippen LogP contribution is 2.42. The number of hydrogen-bond donors (Lipinski definition) is 1. The smallest absolute Gasteiger partial charge is 0.282 e. The van der Waals surface area contributed by atoms with Crippen molar-refractivity contribution in [3.63, 3.8) is 0 Å². The molecule has 0 saturated carbocycles. The monoisotopic (exact) mass is 684 g/mol. The Kier molecular flexibility index (Phi) is 8.68. The van der Waals surface area contributed by atoms with Crippen LogP contribution in [0.5, 0.6) is 11.5 Å². The number of para-hydroxylation sites is 2. The summed E-state index contributed by atoms with van der Waals surface area (Å²) < 4.78 is 19.3. The fraction of sp³-hybridized carbons (Fsp3) is 0.118. The number of rotatable bonds is 9. The van der Waals surface area contributed by atoms with Crippen molar-refractivity contribution in [1.29, 1.82) is 0 Å². The molecule has 6 rings (SSSR count). The van der Waals surface area contributed by atoms with E-state index in [0.29, 0.717) is 50.3 Å². The Balaban J connectivity index is 1.35. The van der Waals surface area contributed by atoms with E-state index in [-0.39, 0.29) is 34.7 Å². The molecule has 0 aliphatic carbocycles. The van der Waals surface area contributed by atoms with Crippen molar-refractivity contribution in [1.82, 2.24) is 9.66 Å². The van der Waals surface area contributed by atoms with Gasteiger partial charge in [-0.05, 0) is 72.2 Å². The Labute approximate surface area is 271 Å². The summed E-state index contributed by atoms with van der Waals surface area (Å²) in [5.74, 6) is 0.750. The van der Waals surface area contributed by atoms with Crippen LogP contribution in [0.15, 0.2) is 104 Å². The van der Waals surface area contributed by atoms with E-state index in [1.807, 2.05) is 74.5 Å². The fourth-order valence-electron chi connectivity index (χ4n) is 4.67. The molecule has 0 unspecified atom stereocenters. The first-order chi connectivity index (χ1) is 21.8. The van der Waals surface area contributed by atoms with Crippen molar-refractivity contribution in [3.05, 3.63) is 116 Å². The normalized spacial score (nSPS) is 11.4. The van der Waals surface area contributed by atoms with Crippen LogP contribution in [-0.2, 0) is 4.79 Å². The van der Waals surface area contributed by atoms with Crippen LogP contribution in [0.1, 0.15) is 18.1 Å². The molecule has 0 spiro atoms. The SMILES string of the molecule is CCOc1cc(C=Nn2c(-c3cc4ccccc4o3)nc3ccccc3c2=O)c(Br)c(Cl)c1OCC(=O)Nc1ccc(C)cc1. The molecule has 0 aliphatic heterocycles. The van der Waals surface area contributed by atoms with E-state index in [1.54, 1.807) is 24.3 Å². The van der Waals surface area contributed by atoms with Crippen LogP contribution in [0.25, 0.3) is 33.5 Å². The summed E-state index contributed by atoms with van der Waals surface area (Å²) in [6.45, 7) is 3.80. The van der Waals surface area contributed by atoms with Gasteiger partial charge in [0.25, 0.3) is 11.5 Å². The molecule has 4 aromatic carbocycles. The van der Waals surface area contributed by atoms with Crippen molar-refractivity contribution in [2.75, 3.05) is 18.5 Å². The molecule has 0 bridgehead atoms. The molecule has 2 aromatic heterocycles. The van der Waals surface area contributed by atoms with E-state index >= 15 is 0 Å². The number of furan rings is 1. The minimum Gasteiger partial charge on any atom is -0.490 e. The zero-order chi connectivity index (χ0) is 31.5. The van der Waals surface area contributed by atoms with Crippen LogP contribution in [0.4, 0.5) is 5.69 Å². The first-order valence-electron chi connectivity index (χ1n) is 14.0. The highest BCUT2D eigenvalue weighted by molar-refractivity contribution is 9.10. The number of hydrogen-bond acceptors (Lipinski definition) is 7. The summed E-state index contributed by atoms with van der Waals surface area (Å²) in [7, 11) is 0. The number of fused-ring (bicyclic) bond motifs is 2. The summed E-state index contributed by atoms with van der Waals surface area (Å²) in [6, 6.07) is 25.5. The Morgan fingerprint density at radius 2 is 1.82 bits per heavy atom. The van der Waals surface area contributed by atoms with Crippen molar-refractivity contribution in [3.8, 4) is 23.1 Å². The highest BCUT2D eigenvalue weighted by atomic mass is 79.9. The molecule has 226 valence electrons. The standard InChI is InChI=1S/C34H26BrClN4O5/c1-3-43-27-17-22(30(35)31(36)32(27)44-19-29(41)38-23-14-12-20(2)13-15-23)18-37-40-33(28-16-21-8-4-7-11-26(21)45-28)39-25-10-6-5-9-24(25)34(40)42/h4-18H,3,19H2,1-2H3,(H,38,41). The van der Waals surface area contributed by atoms with Gasteiger partial charge in [0.1, 0.15) is 10.6 Å². The molecule has 0 radical (unpaired) electrons. The summed E-state index contributed by atoms with van der Waals surface area (Å²) in [4.78, 5) is 31.0. The van der Waals surface area contributed by atoms with Crippen molar-refractivity contribution >= 4 is 67.2 Å². The lowest BCUT2D eigenvalue weighted by molar-refractivity contribution is -0.118. The van der Waals surface area contributed by atoms with Gasteiger partial charge in [0.05, 0.1) is 23.7 Å². The Morgan fingerprint density at radius 3 is 2.60 bits per heavy atom. The molecule has 6 aromatic rings. The van der Waals surface area contributed by atoms with Crippen LogP contribution in [0.3, 0.4) is 0 Å². The molecular formula is C34H26BrClN4O5. The van der Waals surface area contributed by atoms with Gasteiger partial charge in [-0.25, -0.2) is 4.98 Å². The maximum Gasteiger partial charge on any atom is 0.282 e. The lowest BCUT2D eigenvalue weighted by Crippen LogP contribution is -2.21. The molecule has 45 heavy (non-hydrogen) atoms. The van der Waals surface area contributed by atoms with Gasteiger partial charge in [-0.3, -0.25) is 9.59 Å². The zero-order valence-corrected chi connectivity index (χ0v) is 26.6. The molecule has 2 heterocycles. The lowest BCUT2D eigenvalue weighted by Gasteiger charge is -2.16. The number of halogens is 2. The Morgan fingerprint density at radius 1 is 1.07 bits per heavy atom. The van der Waals surface area contributed by atoms with Gasteiger partial charge >= 0.3 is 0 Å². The second-order valence-electron chi connectivity index (χ2n) is 10.0. The molecular weight excluding hydrogens is 660 g/mol. The Hall–Kier alpha value is -4.93. The van der Waals surface area contributed by atoms with Gasteiger partial charge in [0.15, 0.2) is 23.9 Å². The summed E-state index contributed by atoms with van der Waals surface area (Å²) >= 11 is 10.2. The molecule has 11 heteroatoms. The minimum atomic E-state index is -0.376. The number of aryl methyl sites for hydroxylation is 1. The summed E-state index contributed by atoms with van der Waals surface area (Å²) in [5.41, 5.74) is 3.02. The number of carbonyl (C=O) groups excluding carboxylic acids is 1. The third-order valence-electron chi connectivity index (χ3n) is 6.85. The number of nitrogens with one attached hydrogen (secondary N) is 1. The van der Waals surface area contributed by atoms with E-state index in [0.717, 1.165) is 10.9 Å². The van der Waals surface area contributed by atoms with Gasteiger partial charge < -0.3 is 19.2 Å². The van der Waals surface area contributed by atoms with E-state index in [1.165, 1.54) is 10.9 Å². The number of carbonyl (C=O) groups is 1. The van der Waals surface area contributed by atoms with Crippen molar-refractivity contribution < 1.29 is 18.7 Å². The molecule has 0 atom stereocenters. The van der Waals surface area contributed by atoms with Crippen LogP contribution < -0.4 is 20.3 Å². The van der Waals surface area contributed by atoms with Gasteiger partial charge in [0.2, 0.25) is 5.82 Å².